The Morgan fingerprint density at radius 3 is 2.73 bits per heavy atom. The highest BCUT2D eigenvalue weighted by atomic mass is 16.5. The highest BCUT2D eigenvalue weighted by Crippen LogP contribution is 2.14. The molecule has 2 unspecified atom stereocenters. The minimum atomic E-state index is 0.367. The molecule has 90 valence electrons. The van der Waals surface area contributed by atoms with Crippen molar-refractivity contribution < 1.29 is 4.74 Å². The van der Waals surface area contributed by atoms with Crippen molar-refractivity contribution in [1.82, 2.24) is 10.2 Å². The minimum Gasteiger partial charge on any atom is -0.374 e. The molecule has 0 aliphatic carbocycles. The van der Waals surface area contributed by atoms with Gasteiger partial charge in [0.15, 0.2) is 0 Å². The summed E-state index contributed by atoms with van der Waals surface area (Å²) in [6, 6.07) is 0.499. The molecule has 15 heavy (non-hydrogen) atoms. The third kappa shape index (κ3) is 4.09. The van der Waals surface area contributed by atoms with E-state index in [4.69, 9.17) is 4.74 Å². The van der Waals surface area contributed by atoms with Gasteiger partial charge in [-0.2, -0.15) is 0 Å². The van der Waals surface area contributed by atoms with Crippen LogP contribution in [-0.2, 0) is 4.74 Å². The molecule has 0 spiro atoms. The quantitative estimate of drug-likeness (QED) is 0.747. The van der Waals surface area contributed by atoms with Gasteiger partial charge in [0, 0.05) is 19.1 Å². The van der Waals surface area contributed by atoms with E-state index in [1.54, 1.807) is 0 Å². The lowest BCUT2D eigenvalue weighted by Crippen LogP contribution is -2.51. The van der Waals surface area contributed by atoms with Gasteiger partial charge in [-0.1, -0.05) is 20.8 Å². The predicted octanol–water partition coefficient (Wildman–Crippen LogP) is 1.34. The van der Waals surface area contributed by atoms with E-state index in [2.05, 4.69) is 31.0 Å². The molecule has 0 amide bonds. The van der Waals surface area contributed by atoms with Gasteiger partial charge in [0.2, 0.25) is 0 Å². The second-order valence-electron chi connectivity index (χ2n) is 4.83. The van der Waals surface area contributed by atoms with Gasteiger partial charge in [-0.3, -0.25) is 4.90 Å². The first kappa shape index (κ1) is 12.9. The molecule has 0 radical (unpaired) electrons. The molecule has 3 nitrogen and oxygen atoms in total. The van der Waals surface area contributed by atoms with Crippen molar-refractivity contribution in [1.29, 1.82) is 0 Å². The zero-order valence-electron chi connectivity index (χ0n) is 10.6. The van der Waals surface area contributed by atoms with Crippen molar-refractivity contribution in [3.05, 3.63) is 0 Å². The second kappa shape index (κ2) is 6.46. The number of rotatable bonds is 5. The maximum Gasteiger partial charge on any atom is 0.0855 e. The second-order valence-corrected chi connectivity index (χ2v) is 4.83. The van der Waals surface area contributed by atoms with Crippen LogP contribution in [0.25, 0.3) is 0 Å². The Morgan fingerprint density at radius 1 is 1.47 bits per heavy atom. The molecule has 1 aliphatic heterocycles. The Labute approximate surface area is 94.2 Å². The van der Waals surface area contributed by atoms with Crippen LogP contribution in [-0.4, -0.2) is 50.3 Å². The summed E-state index contributed by atoms with van der Waals surface area (Å²) in [5.74, 6) is 0.725. The average Bonchev–Trinajstić information content (AvgIpc) is 2.25. The lowest BCUT2D eigenvalue weighted by Gasteiger charge is -2.37. The first-order chi connectivity index (χ1) is 7.17. The molecular formula is C12H26N2O. The fourth-order valence-electron chi connectivity index (χ4n) is 2.23. The molecule has 1 saturated heterocycles. The van der Waals surface area contributed by atoms with Gasteiger partial charge in [-0.05, 0) is 25.9 Å². The van der Waals surface area contributed by atoms with Crippen LogP contribution in [0.15, 0.2) is 0 Å². The van der Waals surface area contributed by atoms with Crippen LogP contribution in [0.2, 0.25) is 0 Å². The Bertz CT molecular complexity index is 173. The Kier molecular flexibility index (Phi) is 5.58. The molecule has 1 N–H and O–H groups in total. The molecule has 1 fully saturated rings. The molecule has 1 heterocycles. The van der Waals surface area contributed by atoms with E-state index in [9.17, 15) is 0 Å². The standard InChI is InChI=1S/C12H26N2O/c1-5-14-6-7-15-12(9-14)11(13-4)8-10(2)3/h10-13H,5-9H2,1-4H3. The summed E-state index contributed by atoms with van der Waals surface area (Å²) in [7, 11) is 2.04. The van der Waals surface area contributed by atoms with E-state index < -0.39 is 0 Å². The Morgan fingerprint density at radius 2 is 2.20 bits per heavy atom. The zero-order valence-corrected chi connectivity index (χ0v) is 10.6. The molecule has 0 saturated carbocycles. The number of ether oxygens (including phenoxy) is 1. The van der Waals surface area contributed by atoms with Crippen molar-refractivity contribution in [2.24, 2.45) is 5.92 Å². The Balaban J connectivity index is 2.44. The van der Waals surface area contributed by atoms with E-state index >= 15 is 0 Å². The van der Waals surface area contributed by atoms with Crippen molar-refractivity contribution in [2.45, 2.75) is 39.3 Å². The van der Waals surface area contributed by atoms with Gasteiger partial charge in [-0.25, -0.2) is 0 Å². The summed E-state index contributed by atoms with van der Waals surface area (Å²) in [6.07, 6.45) is 1.56. The smallest absolute Gasteiger partial charge is 0.0855 e. The van der Waals surface area contributed by atoms with Gasteiger partial charge in [-0.15, -0.1) is 0 Å². The van der Waals surface area contributed by atoms with E-state index in [0.29, 0.717) is 12.1 Å². The normalized spacial score (nSPS) is 25.8. The maximum absolute atomic E-state index is 5.86. The summed E-state index contributed by atoms with van der Waals surface area (Å²) in [4.78, 5) is 2.47. The monoisotopic (exact) mass is 214 g/mol. The van der Waals surface area contributed by atoms with Crippen LogP contribution in [0, 0.1) is 5.92 Å². The van der Waals surface area contributed by atoms with Crippen molar-refractivity contribution >= 4 is 0 Å². The van der Waals surface area contributed by atoms with Crippen molar-refractivity contribution in [3.63, 3.8) is 0 Å². The molecule has 0 aromatic heterocycles. The summed E-state index contributed by atoms with van der Waals surface area (Å²) >= 11 is 0. The van der Waals surface area contributed by atoms with E-state index in [1.165, 1.54) is 6.42 Å². The van der Waals surface area contributed by atoms with Crippen LogP contribution in [0.1, 0.15) is 27.2 Å². The minimum absolute atomic E-state index is 0.367. The van der Waals surface area contributed by atoms with Crippen molar-refractivity contribution in [2.75, 3.05) is 33.3 Å². The number of likely N-dealkylation sites (N-methyl/N-ethyl adjacent to an activating group) is 2. The molecule has 1 aliphatic rings. The topological polar surface area (TPSA) is 24.5 Å². The lowest BCUT2D eigenvalue weighted by molar-refractivity contribution is -0.0467. The first-order valence-corrected chi connectivity index (χ1v) is 6.18. The van der Waals surface area contributed by atoms with E-state index in [0.717, 1.165) is 32.2 Å². The molecule has 3 heteroatoms. The van der Waals surface area contributed by atoms with Gasteiger partial charge in [0.1, 0.15) is 0 Å². The predicted molar refractivity (Wildman–Crippen MR) is 64.2 cm³/mol. The fraction of sp³-hybridized carbons (Fsp3) is 1.00. The summed E-state index contributed by atoms with van der Waals surface area (Å²) < 4.78 is 5.86. The zero-order chi connectivity index (χ0) is 11.3. The molecular weight excluding hydrogens is 188 g/mol. The molecule has 1 rings (SSSR count). The van der Waals surface area contributed by atoms with E-state index in [1.807, 2.05) is 7.05 Å². The Hall–Kier alpha value is -0.120. The number of morpholine rings is 1. The van der Waals surface area contributed by atoms with Crippen LogP contribution in [0.3, 0.4) is 0 Å². The highest BCUT2D eigenvalue weighted by molar-refractivity contribution is 4.82. The van der Waals surface area contributed by atoms with Crippen molar-refractivity contribution in [3.8, 4) is 0 Å². The number of hydrogen-bond acceptors (Lipinski definition) is 3. The van der Waals surface area contributed by atoms with Gasteiger partial charge in [0.25, 0.3) is 0 Å². The van der Waals surface area contributed by atoms with Crippen LogP contribution in [0.5, 0.6) is 0 Å². The van der Waals surface area contributed by atoms with Gasteiger partial charge in [0.05, 0.1) is 12.7 Å². The summed E-state index contributed by atoms with van der Waals surface area (Å²) in [6.45, 7) is 10.9. The van der Waals surface area contributed by atoms with Crippen LogP contribution in [0.4, 0.5) is 0 Å². The molecule has 0 aromatic carbocycles. The third-order valence-electron chi connectivity index (χ3n) is 3.17. The van der Waals surface area contributed by atoms with Gasteiger partial charge >= 0.3 is 0 Å². The maximum atomic E-state index is 5.86. The van der Waals surface area contributed by atoms with Gasteiger partial charge < -0.3 is 10.1 Å². The number of nitrogens with one attached hydrogen (secondary N) is 1. The summed E-state index contributed by atoms with van der Waals surface area (Å²) in [5.41, 5.74) is 0. The van der Waals surface area contributed by atoms with Crippen LogP contribution >= 0.6 is 0 Å². The molecule has 0 bridgehead atoms. The van der Waals surface area contributed by atoms with E-state index in [-0.39, 0.29) is 0 Å². The molecule has 0 aromatic rings. The van der Waals surface area contributed by atoms with Crippen LogP contribution < -0.4 is 5.32 Å². The molecule has 2 atom stereocenters. The average molecular weight is 214 g/mol. The number of hydrogen-bond donors (Lipinski definition) is 1. The highest BCUT2D eigenvalue weighted by Gasteiger charge is 2.26. The summed E-state index contributed by atoms with van der Waals surface area (Å²) in [5, 5.41) is 3.40. The SMILES string of the molecule is CCN1CCOC(C(CC(C)C)NC)C1. The third-order valence-corrected chi connectivity index (χ3v) is 3.17. The number of nitrogens with zero attached hydrogens (tertiary/aromatic N) is 1. The lowest BCUT2D eigenvalue weighted by atomic mass is 9.98. The fourth-order valence-corrected chi connectivity index (χ4v) is 2.23. The first-order valence-electron chi connectivity index (χ1n) is 6.18. The largest absolute Gasteiger partial charge is 0.374 e.